The van der Waals surface area contributed by atoms with Gasteiger partial charge in [-0.05, 0) is 68.7 Å². The number of hydrogen-bond acceptors (Lipinski definition) is 3. The summed E-state index contributed by atoms with van der Waals surface area (Å²) in [6.07, 6.45) is 3.01. The van der Waals surface area contributed by atoms with Gasteiger partial charge in [-0.1, -0.05) is 6.07 Å². The van der Waals surface area contributed by atoms with E-state index in [4.69, 9.17) is 0 Å². The van der Waals surface area contributed by atoms with Crippen molar-refractivity contribution in [3.63, 3.8) is 0 Å². The van der Waals surface area contributed by atoms with Crippen molar-refractivity contribution >= 4 is 21.6 Å². The van der Waals surface area contributed by atoms with Crippen LogP contribution >= 0.6 is 0 Å². The number of sulfonamides is 1. The van der Waals surface area contributed by atoms with E-state index in [0.717, 1.165) is 19.3 Å². The fourth-order valence-electron chi connectivity index (χ4n) is 3.09. The van der Waals surface area contributed by atoms with Crippen LogP contribution in [0.3, 0.4) is 0 Å². The summed E-state index contributed by atoms with van der Waals surface area (Å²) in [7, 11) is -3.87. The highest BCUT2D eigenvalue weighted by Crippen LogP contribution is 2.22. The minimum atomic E-state index is -3.87. The zero-order valence-corrected chi connectivity index (χ0v) is 15.3. The standard InChI is InChI=1S/C19H21FN2O3S/c1-14-5-2-3-12-22(14)19(23)15-6-4-7-18(13-15)26(24,25)21-17-10-8-16(20)9-11-17/h4,6-11,13-14,21H,2-3,5,12H2,1H3. The molecule has 1 amide bonds. The van der Waals surface area contributed by atoms with E-state index in [1.54, 1.807) is 17.0 Å². The second-order valence-corrected chi connectivity index (χ2v) is 8.17. The summed E-state index contributed by atoms with van der Waals surface area (Å²) < 4.78 is 40.5. The maximum Gasteiger partial charge on any atom is 0.261 e. The average Bonchev–Trinajstić information content (AvgIpc) is 2.63. The van der Waals surface area contributed by atoms with Crippen LogP contribution in [0.1, 0.15) is 36.5 Å². The number of anilines is 1. The number of halogens is 1. The highest BCUT2D eigenvalue weighted by molar-refractivity contribution is 7.92. The van der Waals surface area contributed by atoms with E-state index in [9.17, 15) is 17.6 Å². The molecule has 1 unspecified atom stereocenters. The van der Waals surface area contributed by atoms with E-state index >= 15 is 0 Å². The lowest BCUT2D eigenvalue weighted by Gasteiger charge is -2.33. The Kier molecular flexibility index (Phi) is 5.27. The molecule has 3 rings (SSSR count). The Morgan fingerprint density at radius 1 is 1.15 bits per heavy atom. The Morgan fingerprint density at radius 3 is 2.58 bits per heavy atom. The van der Waals surface area contributed by atoms with Gasteiger partial charge in [0, 0.05) is 23.8 Å². The SMILES string of the molecule is CC1CCCCN1C(=O)c1cccc(S(=O)(=O)Nc2ccc(F)cc2)c1. The number of likely N-dealkylation sites (tertiary alicyclic amines) is 1. The van der Waals surface area contributed by atoms with E-state index in [1.165, 1.54) is 36.4 Å². The van der Waals surface area contributed by atoms with Gasteiger partial charge in [-0.2, -0.15) is 0 Å². The molecular formula is C19H21FN2O3S. The van der Waals surface area contributed by atoms with Crippen molar-refractivity contribution in [2.75, 3.05) is 11.3 Å². The third kappa shape index (κ3) is 4.04. The van der Waals surface area contributed by atoms with Gasteiger partial charge in [0.15, 0.2) is 0 Å². The smallest absolute Gasteiger partial charge is 0.261 e. The Bertz CT molecular complexity index is 897. The van der Waals surface area contributed by atoms with Crippen molar-refractivity contribution in [1.29, 1.82) is 0 Å². The molecular weight excluding hydrogens is 355 g/mol. The van der Waals surface area contributed by atoms with Gasteiger partial charge in [0.2, 0.25) is 0 Å². The number of rotatable bonds is 4. The molecule has 0 bridgehead atoms. The molecule has 0 aliphatic carbocycles. The van der Waals surface area contributed by atoms with Gasteiger partial charge in [0.25, 0.3) is 15.9 Å². The summed E-state index contributed by atoms with van der Waals surface area (Å²) in [4.78, 5) is 14.5. The largest absolute Gasteiger partial charge is 0.336 e. The summed E-state index contributed by atoms with van der Waals surface area (Å²) in [5.41, 5.74) is 0.605. The van der Waals surface area contributed by atoms with Gasteiger partial charge in [-0.25, -0.2) is 12.8 Å². The molecule has 5 nitrogen and oxygen atoms in total. The summed E-state index contributed by atoms with van der Waals surface area (Å²) >= 11 is 0. The first-order chi connectivity index (χ1) is 12.4. The fourth-order valence-corrected chi connectivity index (χ4v) is 4.20. The predicted octanol–water partition coefficient (Wildman–Crippen LogP) is 3.64. The van der Waals surface area contributed by atoms with Crippen molar-refractivity contribution < 1.29 is 17.6 Å². The van der Waals surface area contributed by atoms with E-state index in [-0.39, 0.29) is 22.5 Å². The molecule has 1 aliphatic heterocycles. The van der Waals surface area contributed by atoms with Crippen LogP contribution in [0.4, 0.5) is 10.1 Å². The third-order valence-corrected chi connectivity index (χ3v) is 5.93. The average molecular weight is 376 g/mol. The molecule has 0 saturated carbocycles. The number of hydrogen-bond donors (Lipinski definition) is 1. The number of nitrogens with zero attached hydrogens (tertiary/aromatic N) is 1. The molecule has 138 valence electrons. The number of carbonyl (C=O) groups is 1. The number of piperidine rings is 1. The third-order valence-electron chi connectivity index (χ3n) is 4.55. The Balaban J connectivity index is 1.83. The number of benzene rings is 2. The van der Waals surface area contributed by atoms with E-state index in [0.29, 0.717) is 12.1 Å². The van der Waals surface area contributed by atoms with Crippen LogP contribution in [0.25, 0.3) is 0 Å². The molecule has 0 aromatic heterocycles. The van der Waals surface area contributed by atoms with Gasteiger partial charge in [0.05, 0.1) is 4.90 Å². The lowest BCUT2D eigenvalue weighted by molar-refractivity contribution is 0.0635. The number of amides is 1. The first-order valence-electron chi connectivity index (χ1n) is 8.56. The monoisotopic (exact) mass is 376 g/mol. The van der Waals surface area contributed by atoms with Gasteiger partial charge in [-0.3, -0.25) is 9.52 Å². The lowest BCUT2D eigenvalue weighted by Crippen LogP contribution is -2.42. The van der Waals surface area contributed by atoms with Gasteiger partial charge < -0.3 is 4.90 Å². The normalized spacial score (nSPS) is 17.8. The first-order valence-corrected chi connectivity index (χ1v) is 10.0. The second-order valence-electron chi connectivity index (χ2n) is 6.48. The Labute approximate surface area is 152 Å². The van der Waals surface area contributed by atoms with E-state index in [2.05, 4.69) is 4.72 Å². The lowest BCUT2D eigenvalue weighted by atomic mass is 10.0. The molecule has 0 radical (unpaired) electrons. The van der Waals surface area contributed by atoms with Crippen LogP contribution < -0.4 is 4.72 Å². The van der Waals surface area contributed by atoms with Gasteiger partial charge >= 0.3 is 0 Å². The summed E-state index contributed by atoms with van der Waals surface area (Å²) in [6, 6.07) is 11.2. The molecule has 26 heavy (non-hydrogen) atoms. The maximum atomic E-state index is 13.0. The van der Waals surface area contributed by atoms with Crippen molar-refractivity contribution in [3.8, 4) is 0 Å². The highest BCUT2D eigenvalue weighted by atomic mass is 32.2. The summed E-state index contributed by atoms with van der Waals surface area (Å²) in [6.45, 7) is 2.69. The molecule has 1 saturated heterocycles. The number of carbonyl (C=O) groups excluding carboxylic acids is 1. The minimum Gasteiger partial charge on any atom is -0.336 e. The highest BCUT2D eigenvalue weighted by Gasteiger charge is 2.25. The van der Waals surface area contributed by atoms with Crippen molar-refractivity contribution in [2.24, 2.45) is 0 Å². The van der Waals surface area contributed by atoms with E-state index in [1.807, 2.05) is 6.92 Å². The number of nitrogens with one attached hydrogen (secondary N) is 1. The summed E-state index contributed by atoms with van der Waals surface area (Å²) in [5.74, 6) is -0.604. The first kappa shape index (κ1) is 18.4. The molecule has 1 N–H and O–H groups in total. The van der Waals surface area contributed by atoms with Crippen LogP contribution in [0, 0.1) is 5.82 Å². The maximum absolute atomic E-state index is 13.0. The fraction of sp³-hybridized carbons (Fsp3) is 0.316. The van der Waals surface area contributed by atoms with Gasteiger partial charge in [0.1, 0.15) is 5.82 Å². The topological polar surface area (TPSA) is 66.5 Å². The van der Waals surface area contributed by atoms with Crippen LogP contribution in [0.5, 0.6) is 0 Å². The van der Waals surface area contributed by atoms with E-state index < -0.39 is 15.8 Å². The van der Waals surface area contributed by atoms with Crippen molar-refractivity contribution in [2.45, 2.75) is 37.1 Å². The molecule has 1 atom stereocenters. The van der Waals surface area contributed by atoms with Crippen LogP contribution in [-0.2, 0) is 10.0 Å². The quantitative estimate of drug-likeness (QED) is 0.886. The Morgan fingerprint density at radius 2 is 1.88 bits per heavy atom. The molecule has 7 heteroatoms. The predicted molar refractivity (Wildman–Crippen MR) is 98.0 cm³/mol. The molecule has 1 heterocycles. The second kappa shape index (κ2) is 7.45. The van der Waals surface area contributed by atoms with Gasteiger partial charge in [-0.15, -0.1) is 0 Å². The van der Waals surface area contributed by atoms with Crippen LogP contribution in [-0.4, -0.2) is 31.8 Å². The van der Waals surface area contributed by atoms with Crippen molar-refractivity contribution in [1.82, 2.24) is 4.90 Å². The minimum absolute atomic E-state index is 0.00247. The Hall–Kier alpha value is -2.41. The zero-order valence-electron chi connectivity index (χ0n) is 14.5. The van der Waals surface area contributed by atoms with Crippen molar-refractivity contribution in [3.05, 3.63) is 59.9 Å². The zero-order chi connectivity index (χ0) is 18.7. The molecule has 1 fully saturated rings. The molecule has 2 aromatic rings. The molecule has 2 aromatic carbocycles. The summed E-state index contributed by atoms with van der Waals surface area (Å²) in [5, 5.41) is 0. The van der Waals surface area contributed by atoms with Crippen LogP contribution in [0.15, 0.2) is 53.4 Å². The molecule has 1 aliphatic rings. The molecule has 0 spiro atoms. The van der Waals surface area contributed by atoms with Crippen LogP contribution in [0.2, 0.25) is 0 Å².